The first-order valence-electron chi connectivity index (χ1n) is 3.10. The van der Waals surface area contributed by atoms with Crippen molar-refractivity contribution in [1.29, 1.82) is 0 Å². The summed E-state index contributed by atoms with van der Waals surface area (Å²) in [5, 5.41) is 31.5. The molecule has 6 nitrogen and oxygen atoms in total. The normalized spacial score (nSPS) is 12.6. The van der Waals surface area contributed by atoms with Crippen LogP contribution in [0.25, 0.3) is 0 Å². The van der Waals surface area contributed by atoms with Crippen LogP contribution in [-0.2, 0) is 37.3 Å². The number of carboxylic acids is 2. The minimum atomic E-state index is -1.23. The quantitative estimate of drug-likeness (QED) is 0.452. The molecule has 13 heavy (non-hydrogen) atoms. The zero-order valence-electron chi connectivity index (χ0n) is 7.47. The van der Waals surface area contributed by atoms with Gasteiger partial charge in [-0.15, -0.1) is 0 Å². The zero-order chi connectivity index (χ0) is 10.3. The molecule has 0 aromatic carbocycles. The molecule has 0 aliphatic rings. The molecule has 4 N–H and O–H groups in total. The van der Waals surface area contributed by atoms with Crippen molar-refractivity contribution in [3.63, 3.8) is 0 Å². The SMILES string of the molecule is CC(O)C(=O)O.CC(O)C(=O)O.[Hg]. The summed E-state index contributed by atoms with van der Waals surface area (Å²) in [7, 11) is 0. The van der Waals surface area contributed by atoms with E-state index >= 15 is 0 Å². The summed E-state index contributed by atoms with van der Waals surface area (Å²) >= 11 is 0. The molecule has 0 aliphatic carbocycles. The Balaban J connectivity index is -0.000000143. The van der Waals surface area contributed by atoms with E-state index < -0.39 is 24.1 Å². The molecular formula is C6H12HgO6. The molecule has 2 unspecified atom stereocenters. The monoisotopic (exact) mass is 382 g/mol. The molecule has 0 radical (unpaired) electrons. The van der Waals surface area contributed by atoms with E-state index in [-0.39, 0.29) is 27.7 Å². The molecule has 0 aromatic rings. The average Bonchev–Trinajstić information content (AvgIpc) is 1.88. The van der Waals surface area contributed by atoms with Crippen LogP contribution < -0.4 is 0 Å². The molecule has 0 amide bonds. The molecule has 0 bridgehead atoms. The van der Waals surface area contributed by atoms with Crippen LogP contribution in [-0.4, -0.2) is 44.6 Å². The Bertz CT molecular complexity index is 137. The predicted molar refractivity (Wildman–Crippen MR) is 38.6 cm³/mol. The van der Waals surface area contributed by atoms with Crippen LogP contribution in [0.2, 0.25) is 0 Å². The van der Waals surface area contributed by atoms with Gasteiger partial charge in [-0.25, -0.2) is 9.59 Å². The Kier molecular flexibility index (Phi) is 14.1. The molecule has 0 spiro atoms. The summed E-state index contributed by atoms with van der Waals surface area (Å²) in [6.45, 7) is 2.39. The standard InChI is InChI=1S/2C3H6O3.Hg/c2*1-2(4)3(5)6;/h2*2,4H,1H3,(H,5,6);. The van der Waals surface area contributed by atoms with Crippen LogP contribution in [0.15, 0.2) is 0 Å². The molecule has 0 rings (SSSR count). The molecule has 0 heterocycles. The van der Waals surface area contributed by atoms with E-state index in [9.17, 15) is 9.59 Å². The van der Waals surface area contributed by atoms with Gasteiger partial charge in [-0.1, -0.05) is 0 Å². The molecule has 74 valence electrons. The van der Waals surface area contributed by atoms with Crippen molar-refractivity contribution < 1.29 is 57.7 Å². The van der Waals surface area contributed by atoms with Crippen molar-refractivity contribution in [2.24, 2.45) is 0 Å². The van der Waals surface area contributed by atoms with Gasteiger partial charge in [0.05, 0.1) is 0 Å². The van der Waals surface area contributed by atoms with E-state index in [1.807, 2.05) is 0 Å². The Morgan fingerprint density at radius 3 is 1.00 bits per heavy atom. The van der Waals surface area contributed by atoms with Gasteiger partial charge in [-0.05, 0) is 13.8 Å². The van der Waals surface area contributed by atoms with Gasteiger partial charge < -0.3 is 20.4 Å². The Hall–Kier alpha value is -0.205. The molecule has 0 fully saturated rings. The van der Waals surface area contributed by atoms with Crippen LogP contribution in [0.1, 0.15) is 13.8 Å². The van der Waals surface area contributed by atoms with E-state index in [4.69, 9.17) is 20.4 Å². The third-order valence-corrected chi connectivity index (χ3v) is 0.715. The van der Waals surface area contributed by atoms with Gasteiger partial charge in [0.25, 0.3) is 0 Å². The van der Waals surface area contributed by atoms with Gasteiger partial charge >= 0.3 is 11.9 Å². The molecule has 0 saturated heterocycles. The van der Waals surface area contributed by atoms with Gasteiger partial charge in [-0.2, -0.15) is 0 Å². The molecular weight excluding hydrogens is 369 g/mol. The fraction of sp³-hybridized carbons (Fsp3) is 0.667. The maximum absolute atomic E-state index is 9.45. The van der Waals surface area contributed by atoms with E-state index in [0.717, 1.165) is 0 Å². The summed E-state index contributed by atoms with van der Waals surface area (Å²) in [5.74, 6) is -2.37. The first-order chi connectivity index (χ1) is 5.29. The van der Waals surface area contributed by atoms with Crippen molar-refractivity contribution in [1.82, 2.24) is 0 Å². The smallest absolute Gasteiger partial charge is 0.332 e. The summed E-state index contributed by atoms with van der Waals surface area (Å²) < 4.78 is 0. The number of aliphatic hydroxyl groups excluding tert-OH is 2. The van der Waals surface area contributed by atoms with Crippen LogP contribution in [0.5, 0.6) is 0 Å². The van der Waals surface area contributed by atoms with E-state index in [1.54, 1.807) is 0 Å². The van der Waals surface area contributed by atoms with Gasteiger partial charge in [0.15, 0.2) is 0 Å². The third-order valence-electron chi connectivity index (χ3n) is 0.715. The van der Waals surface area contributed by atoms with Gasteiger partial charge in [0.1, 0.15) is 12.2 Å². The van der Waals surface area contributed by atoms with E-state index in [0.29, 0.717) is 0 Å². The zero-order valence-corrected chi connectivity index (χ0v) is 13.0. The average molecular weight is 381 g/mol. The first kappa shape index (κ1) is 18.6. The summed E-state index contributed by atoms with van der Waals surface area (Å²) in [5.41, 5.74) is 0. The number of hydrogen-bond donors (Lipinski definition) is 4. The van der Waals surface area contributed by atoms with E-state index in [1.165, 1.54) is 13.8 Å². The molecule has 0 saturated carbocycles. The second kappa shape index (κ2) is 9.88. The van der Waals surface area contributed by atoms with Crippen LogP contribution in [0.3, 0.4) is 0 Å². The van der Waals surface area contributed by atoms with Gasteiger partial charge in [0, 0.05) is 27.7 Å². The molecule has 0 aromatic heterocycles. The second-order valence-corrected chi connectivity index (χ2v) is 2.03. The van der Waals surface area contributed by atoms with Crippen molar-refractivity contribution in [2.45, 2.75) is 26.1 Å². The summed E-state index contributed by atoms with van der Waals surface area (Å²) in [6, 6.07) is 0. The number of aliphatic carboxylic acids is 2. The number of carbonyl (C=O) groups is 2. The number of hydrogen-bond acceptors (Lipinski definition) is 4. The minimum absolute atomic E-state index is 0. The van der Waals surface area contributed by atoms with Crippen LogP contribution in [0, 0.1) is 0 Å². The minimum Gasteiger partial charge on any atom is -0.479 e. The Morgan fingerprint density at radius 1 is 0.923 bits per heavy atom. The molecule has 7 heteroatoms. The van der Waals surface area contributed by atoms with Crippen molar-refractivity contribution in [3.8, 4) is 0 Å². The predicted octanol–water partition coefficient (Wildman–Crippen LogP) is -1.10. The molecule has 2 atom stereocenters. The Morgan fingerprint density at radius 2 is 1.00 bits per heavy atom. The largest absolute Gasteiger partial charge is 0.479 e. The van der Waals surface area contributed by atoms with Crippen molar-refractivity contribution in [2.75, 3.05) is 0 Å². The van der Waals surface area contributed by atoms with Crippen molar-refractivity contribution >= 4 is 11.9 Å². The number of aliphatic hydroxyl groups is 2. The summed E-state index contributed by atoms with van der Waals surface area (Å²) in [4.78, 5) is 18.9. The van der Waals surface area contributed by atoms with E-state index in [2.05, 4.69) is 0 Å². The topological polar surface area (TPSA) is 115 Å². The van der Waals surface area contributed by atoms with Crippen molar-refractivity contribution in [3.05, 3.63) is 0 Å². The first-order valence-corrected chi connectivity index (χ1v) is 3.10. The maximum Gasteiger partial charge on any atom is 0.332 e. The Labute approximate surface area is 95.7 Å². The fourth-order valence-electron chi connectivity index (χ4n) is 0. The number of carboxylic acid groups (broad SMARTS) is 2. The fourth-order valence-corrected chi connectivity index (χ4v) is 0. The third kappa shape index (κ3) is 18.6. The summed E-state index contributed by atoms with van der Waals surface area (Å²) in [6.07, 6.45) is -2.46. The number of rotatable bonds is 2. The van der Waals surface area contributed by atoms with Crippen LogP contribution in [0.4, 0.5) is 0 Å². The maximum atomic E-state index is 9.45. The van der Waals surface area contributed by atoms with Gasteiger partial charge in [-0.3, -0.25) is 0 Å². The van der Waals surface area contributed by atoms with Crippen LogP contribution >= 0.6 is 0 Å². The molecule has 0 aliphatic heterocycles. The second-order valence-electron chi connectivity index (χ2n) is 2.03. The van der Waals surface area contributed by atoms with Gasteiger partial charge in [0.2, 0.25) is 0 Å².